The number of nitrogens with one attached hydrogen (secondary N) is 2. The van der Waals surface area contributed by atoms with E-state index in [2.05, 4.69) is 20.5 Å². The van der Waals surface area contributed by atoms with Crippen molar-refractivity contribution in [1.82, 2.24) is 20.5 Å². The fourth-order valence-corrected chi connectivity index (χ4v) is 1.43. The smallest absolute Gasteiger partial charge is 0.258 e. The number of aromatic nitrogens is 3. The predicted octanol–water partition coefficient (Wildman–Crippen LogP) is 0.508. The molecule has 0 unspecified atom stereocenters. The van der Waals surface area contributed by atoms with E-state index in [0.29, 0.717) is 17.3 Å². The molecule has 1 heterocycles. The van der Waals surface area contributed by atoms with E-state index in [1.807, 2.05) is 12.1 Å². The molecule has 0 saturated carbocycles. The van der Waals surface area contributed by atoms with Gasteiger partial charge in [-0.3, -0.25) is 9.89 Å². The van der Waals surface area contributed by atoms with Crippen LogP contribution in [0.2, 0.25) is 0 Å². The molecule has 1 aromatic carbocycles. The van der Waals surface area contributed by atoms with Crippen molar-refractivity contribution in [2.45, 2.75) is 6.54 Å². The summed E-state index contributed by atoms with van der Waals surface area (Å²) in [7, 11) is 1.55. The van der Waals surface area contributed by atoms with E-state index in [1.54, 1.807) is 19.2 Å². The van der Waals surface area contributed by atoms with Crippen LogP contribution in [0.15, 0.2) is 30.6 Å². The summed E-state index contributed by atoms with van der Waals surface area (Å²) in [5.41, 5.74) is 0. The topological polar surface area (TPSA) is 89.1 Å². The highest BCUT2D eigenvalue weighted by molar-refractivity contribution is 5.77. The molecule has 100 valence electrons. The van der Waals surface area contributed by atoms with Crippen molar-refractivity contribution >= 4 is 5.91 Å². The average molecular weight is 262 g/mol. The Bertz CT molecular complexity index is 528. The Kier molecular flexibility index (Phi) is 4.33. The molecule has 1 amide bonds. The lowest BCUT2D eigenvalue weighted by atomic mass is 10.3. The first-order valence-electron chi connectivity index (χ1n) is 5.66. The second kappa shape index (κ2) is 6.39. The van der Waals surface area contributed by atoms with E-state index < -0.39 is 0 Å². The van der Waals surface area contributed by atoms with Gasteiger partial charge in [0.2, 0.25) is 0 Å². The normalized spacial score (nSPS) is 9.95. The number of aromatic amines is 1. The number of H-pyrrole nitrogens is 1. The van der Waals surface area contributed by atoms with E-state index in [-0.39, 0.29) is 19.1 Å². The minimum atomic E-state index is -0.248. The molecule has 2 N–H and O–H groups in total. The van der Waals surface area contributed by atoms with Gasteiger partial charge in [-0.1, -0.05) is 12.1 Å². The summed E-state index contributed by atoms with van der Waals surface area (Å²) in [4.78, 5) is 15.5. The molecular weight excluding hydrogens is 248 g/mol. The van der Waals surface area contributed by atoms with Crippen LogP contribution in [0.5, 0.6) is 11.5 Å². The number of methoxy groups -OCH3 is 1. The van der Waals surface area contributed by atoms with Gasteiger partial charge < -0.3 is 14.8 Å². The summed E-state index contributed by atoms with van der Waals surface area (Å²) in [6.45, 7) is 0.197. The van der Waals surface area contributed by atoms with Crippen LogP contribution in [-0.4, -0.2) is 34.8 Å². The maximum atomic E-state index is 11.6. The zero-order valence-electron chi connectivity index (χ0n) is 10.4. The molecule has 7 heteroatoms. The number of hydrogen-bond donors (Lipinski definition) is 2. The number of hydrogen-bond acceptors (Lipinski definition) is 5. The number of rotatable bonds is 6. The summed E-state index contributed by atoms with van der Waals surface area (Å²) in [5.74, 6) is 1.46. The monoisotopic (exact) mass is 262 g/mol. The van der Waals surface area contributed by atoms with Crippen LogP contribution >= 0.6 is 0 Å². The largest absolute Gasteiger partial charge is 0.493 e. The summed E-state index contributed by atoms with van der Waals surface area (Å²) < 4.78 is 10.5. The summed E-state index contributed by atoms with van der Waals surface area (Å²) >= 11 is 0. The van der Waals surface area contributed by atoms with Crippen molar-refractivity contribution in [3.8, 4) is 11.5 Å². The molecule has 0 bridgehead atoms. The van der Waals surface area contributed by atoms with Gasteiger partial charge in [-0.2, -0.15) is 5.10 Å². The van der Waals surface area contributed by atoms with E-state index in [0.717, 1.165) is 0 Å². The Labute approximate surface area is 110 Å². The minimum absolute atomic E-state index is 0.0888. The van der Waals surface area contributed by atoms with Gasteiger partial charge in [0, 0.05) is 0 Å². The number of benzene rings is 1. The molecule has 19 heavy (non-hydrogen) atoms. The van der Waals surface area contributed by atoms with Gasteiger partial charge >= 0.3 is 0 Å². The van der Waals surface area contributed by atoms with Crippen molar-refractivity contribution in [3.63, 3.8) is 0 Å². The third-order valence-corrected chi connectivity index (χ3v) is 2.35. The predicted molar refractivity (Wildman–Crippen MR) is 66.7 cm³/mol. The van der Waals surface area contributed by atoms with E-state index in [4.69, 9.17) is 9.47 Å². The highest BCUT2D eigenvalue weighted by Crippen LogP contribution is 2.25. The number of amides is 1. The van der Waals surface area contributed by atoms with E-state index in [9.17, 15) is 4.79 Å². The maximum absolute atomic E-state index is 11.6. The minimum Gasteiger partial charge on any atom is -0.493 e. The van der Waals surface area contributed by atoms with Crippen LogP contribution in [0.4, 0.5) is 0 Å². The van der Waals surface area contributed by atoms with Gasteiger partial charge in [0.25, 0.3) is 5.91 Å². The van der Waals surface area contributed by atoms with Crippen molar-refractivity contribution in [2.75, 3.05) is 13.7 Å². The van der Waals surface area contributed by atoms with Gasteiger partial charge in [0.05, 0.1) is 13.7 Å². The van der Waals surface area contributed by atoms with E-state index in [1.165, 1.54) is 6.33 Å². The SMILES string of the molecule is COc1ccccc1OCC(=O)NCc1ncn[nH]1. The number of carbonyl (C=O) groups excluding carboxylic acids is 1. The number of nitrogens with zero attached hydrogens (tertiary/aromatic N) is 2. The Balaban J connectivity index is 1.80. The molecule has 0 aliphatic rings. The molecule has 0 atom stereocenters. The first kappa shape index (κ1) is 12.9. The fraction of sp³-hybridized carbons (Fsp3) is 0.250. The summed E-state index contributed by atoms with van der Waals surface area (Å²) in [5, 5.41) is 8.98. The standard InChI is InChI=1S/C12H14N4O3/c1-18-9-4-2-3-5-10(9)19-7-12(17)13-6-11-14-8-15-16-11/h2-5,8H,6-7H2,1H3,(H,13,17)(H,14,15,16). The lowest BCUT2D eigenvalue weighted by Crippen LogP contribution is -2.28. The Hall–Kier alpha value is -2.57. The third kappa shape index (κ3) is 3.70. The molecule has 0 spiro atoms. The average Bonchev–Trinajstić information content (AvgIpc) is 2.96. The van der Waals surface area contributed by atoms with Crippen LogP contribution in [0, 0.1) is 0 Å². The van der Waals surface area contributed by atoms with Gasteiger partial charge in [0.1, 0.15) is 12.2 Å². The second-order valence-electron chi connectivity index (χ2n) is 3.65. The summed E-state index contributed by atoms with van der Waals surface area (Å²) in [6, 6.07) is 7.14. The molecule has 1 aromatic heterocycles. The van der Waals surface area contributed by atoms with Gasteiger partial charge in [-0.05, 0) is 12.1 Å². The maximum Gasteiger partial charge on any atom is 0.258 e. The van der Waals surface area contributed by atoms with Crippen molar-refractivity contribution in [3.05, 3.63) is 36.4 Å². The van der Waals surface area contributed by atoms with Gasteiger partial charge in [-0.15, -0.1) is 0 Å². The van der Waals surface area contributed by atoms with Crippen LogP contribution in [-0.2, 0) is 11.3 Å². The highest BCUT2D eigenvalue weighted by atomic mass is 16.5. The molecule has 0 radical (unpaired) electrons. The second-order valence-corrected chi connectivity index (χ2v) is 3.65. The van der Waals surface area contributed by atoms with Gasteiger partial charge in [-0.25, -0.2) is 4.98 Å². The molecular formula is C12H14N4O3. The van der Waals surface area contributed by atoms with Crippen LogP contribution < -0.4 is 14.8 Å². The first-order chi connectivity index (χ1) is 9.29. The van der Waals surface area contributed by atoms with Crippen LogP contribution in [0.1, 0.15) is 5.82 Å². The van der Waals surface area contributed by atoms with Gasteiger partial charge in [0.15, 0.2) is 18.1 Å². The zero-order valence-corrected chi connectivity index (χ0v) is 10.4. The van der Waals surface area contributed by atoms with Crippen molar-refractivity contribution in [2.24, 2.45) is 0 Å². The van der Waals surface area contributed by atoms with Crippen LogP contribution in [0.3, 0.4) is 0 Å². The lowest BCUT2D eigenvalue weighted by Gasteiger charge is -2.09. The lowest BCUT2D eigenvalue weighted by molar-refractivity contribution is -0.123. The van der Waals surface area contributed by atoms with Crippen molar-refractivity contribution < 1.29 is 14.3 Å². The molecule has 2 rings (SSSR count). The highest BCUT2D eigenvalue weighted by Gasteiger charge is 2.07. The number of ether oxygens (including phenoxy) is 2. The van der Waals surface area contributed by atoms with E-state index >= 15 is 0 Å². The molecule has 0 saturated heterocycles. The fourth-order valence-electron chi connectivity index (χ4n) is 1.43. The number of carbonyl (C=O) groups is 1. The number of para-hydroxylation sites is 2. The molecule has 0 aliphatic carbocycles. The van der Waals surface area contributed by atoms with Crippen molar-refractivity contribution in [1.29, 1.82) is 0 Å². The Morgan fingerprint density at radius 2 is 2.16 bits per heavy atom. The Morgan fingerprint density at radius 3 is 2.84 bits per heavy atom. The third-order valence-electron chi connectivity index (χ3n) is 2.35. The van der Waals surface area contributed by atoms with Crippen LogP contribution in [0.25, 0.3) is 0 Å². The molecule has 7 nitrogen and oxygen atoms in total. The quantitative estimate of drug-likeness (QED) is 0.791. The molecule has 2 aromatic rings. The summed E-state index contributed by atoms with van der Waals surface area (Å²) in [6.07, 6.45) is 1.38. The Morgan fingerprint density at radius 1 is 1.37 bits per heavy atom. The first-order valence-corrected chi connectivity index (χ1v) is 5.66. The molecule has 0 aliphatic heterocycles. The zero-order chi connectivity index (χ0) is 13.5. The molecule has 0 fully saturated rings.